The maximum atomic E-state index is 8.94. The molecule has 1 heterocycles. The zero-order chi connectivity index (χ0) is 13.5. The van der Waals surface area contributed by atoms with Gasteiger partial charge in [-0.2, -0.15) is 28.8 Å². The smallest absolute Gasteiger partial charge is 0.123 e. The average Bonchev–Trinajstić information content (AvgIpc) is 2.48. The van der Waals surface area contributed by atoms with Gasteiger partial charge in [0.1, 0.15) is 5.75 Å². The van der Waals surface area contributed by atoms with Crippen molar-refractivity contribution in [2.45, 2.75) is 11.8 Å². The molecule has 5 heteroatoms. The van der Waals surface area contributed by atoms with Crippen LogP contribution in [0.2, 0.25) is 0 Å². The molecular formula is C14H18N2OS2. The topological polar surface area (TPSA) is 45.0 Å². The summed E-state index contributed by atoms with van der Waals surface area (Å²) in [4.78, 5) is 0. The van der Waals surface area contributed by atoms with Crippen molar-refractivity contribution in [1.29, 1.82) is 5.26 Å². The van der Waals surface area contributed by atoms with Crippen LogP contribution in [0.25, 0.3) is 0 Å². The van der Waals surface area contributed by atoms with E-state index in [1.54, 1.807) is 13.2 Å². The SMILES string of the molecule is COc1ccc(C#N)cc1CNCC1CSCCS1. The predicted octanol–water partition coefficient (Wildman–Crippen LogP) is 2.51. The Morgan fingerprint density at radius 3 is 3.05 bits per heavy atom. The Kier molecular flexibility index (Phi) is 5.90. The lowest BCUT2D eigenvalue weighted by atomic mass is 10.1. The Morgan fingerprint density at radius 1 is 1.47 bits per heavy atom. The monoisotopic (exact) mass is 294 g/mol. The van der Waals surface area contributed by atoms with Crippen molar-refractivity contribution < 1.29 is 4.74 Å². The van der Waals surface area contributed by atoms with E-state index in [0.717, 1.165) is 24.4 Å². The molecule has 1 saturated heterocycles. The first-order chi connectivity index (χ1) is 9.33. The second kappa shape index (κ2) is 7.68. The molecule has 0 spiro atoms. The molecule has 0 aliphatic carbocycles. The van der Waals surface area contributed by atoms with Crippen LogP contribution in [0, 0.1) is 11.3 Å². The molecule has 102 valence electrons. The van der Waals surface area contributed by atoms with Crippen LogP contribution in [0.3, 0.4) is 0 Å². The standard InChI is InChI=1S/C14H18N2OS2/c1-17-14-3-2-11(7-15)6-12(14)8-16-9-13-10-18-4-5-19-13/h2-3,6,13,16H,4-5,8-10H2,1H3. The third-order valence-corrected chi connectivity index (χ3v) is 5.83. The van der Waals surface area contributed by atoms with Gasteiger partial charge in [-0.15, -0.1) is 0 Å². The van der Waals surface area contributed by atoms with Crippen molar-refractivity contribution in [2.75, 3.05) is 30.9 Å². The number of nitrogens with zero attached hydrogens (tertiary/aromatic N) is 1. The van der Waals surface area contributed by atoms with E-state index in [0.29, 0.717) is 10.8 Å². The summed E-state index contributed by atoms with van der Waals surface area (Å²) in [5, 5.41) is 13.1. The van der Waals surface area contributed by atoms with Crippen LogP contribution < -0.4 is 10.1 Å². The van der Waals surface area contributed by atoms with Crippen LogP contribution in [-0.2, 0) is 6.54 Å². The van der Waals surface area contributed by atoms with E-state index in [-0.39, 0.29) is 0 Å². The van der Waals surface area contributed by atoms with Crippen molar-refractivity contribution in [2.24, 2.45) is 0 Å². The van der Waals surface area contributed by atoms with Crippen LogP contribution in [0.1, 0.15) is 11.1 Å². The number of ether oxygens (including phenoxy) is 1. The molecule has 1 aromatic rings. The Balaban J connectivity index is 1.89. The molecule has 0 aromatic heterocycles. The highest BCUT2D eigenvalue weighted by molar-refractivity contribution is 8.06. The van der Waals surface area contributed by atoms with Gasteiger partial charge in [-0.3, -0.25) is 0 Å². The Morgan fingerprint density at radius 2 is 2.37 bits per heavy atom. The number of nitriles is 1. The van der Waals surface area contributed by atoms with E-state index in [4.69, 9.17) is 10.00 Å². The largest absolute Gasteiger partial charge is 0.496 e. The normalized spacial score (nSPS) is 18.8. The fourth-order valence-electron chi connectivity index (χ4n) is 2.01. The van der Waals surface area contributed by atoms with Crippen LogP contribution >= 0.6 is 23.5 Å². The van der Waals surface area contributed by atoms with Gasteiger partial charge in [-0.05, 0) is 18.2 Å². The van der Waals surface area contributed by atoms with Crippen molar-refractivity contribution in [3.63, 3.8) is 0 Å². The minimum atomic E-state index is 0.681. The van der Waals surface area contributed by atoms with E-state index in [2.05, 4.69) is 11.4 Å². The summed E-state index contributed by atoms with van der Waals surface area (Å²) >= 11 is 4.08. The molecule has 2 rings (SSSR count). The summed E-state index contributed by atoms with van der Waals surface area (Å²) in [6.45, 7) is 1.76. The Hall–Kier alpha value is -0.830. The van der Waals surface area contributed by atoms with Gasteiger partial charge < -0.3 is 10.1 Å². The number of nitrogens with one attached hydrogen (secondary N) is 1. The molecule has 3 nitrogen and oxygen atoms in total. The first kappa shape index (κ1) is 14.6. The summed E-state index contributed by atoms with van der Waals surface area (Å²) in [7, 11) is 1.67. The van der Waals surface area contributed by atoms with Gasteiger partial charge >= 0.3 is 0 Å². The minimum absolute atomic E-state index is 0.681. The van der Waals surface area contributed by atoms with Crippen LogP contribution in [0.4, 0.5) is 0 Å². The molecule has 1 N–H and O–H groups in total. The zero-order valence-electron chi connectivity index (χ0n) is 11.0. The van der Waals surface area contributed by atoms with E-state index in [1.807, 2.05) is 35.7 Å². The highest BCUT2D eigenvalue weighted by Gasteiger charge is 2.14. The van der Waals surface area contributed by atoms with Gasteiger partial charge in [0.25, 0.3) is 0 Å². The molecule has 0 bridgehead atoms. The molecule has 19 heavy (non-hydrogen) atoms. The van der Waals surface area contributed by atoms with E-state index in [1.165, 1.54) is 17.3 Å². The molecule has 1 aliphatic heterocycles. The third kappa shape index (κ3) is 4.34. The highest BCUT2D eigenvalue weighted by atomic mass is 32.2. The Labute approximate surface area is 123 Å². The number of rotatable bonds is 5. The average molecular weight is 294 g/mol. The van der Waals surface area contributed by atoms with Crippen LogP contribution in [0.15, 0.2) is 18.2 Å². The van der Waals surface area contributed by atoms with Gasteiger partial charge in [0.15, 0.2) is 0 Å². The first-order valence-electron chi connectivity index (χ1n) is 6.30. The summed E-state index contributed by atoms with van der Waals surface area (Å²) in [5.74, 6) is 4.61. The number of methoxy groups -OCH3 is 1. The van der Waals surface area contributed by atoms with Gasteiger partial charge in [0.05, 0.1) is 18.7 Å². The van der Waals surface area contributed by atoms with Gasteiger partial charge in [-0.1, -0.05) is 0 Å². The van der Waals surface area contributed by atoms with Crippen molar-refractivity contribution in [1.82, 2.24) is 5.32 Å². The number of thioether (sulfide) groups is 2. The van der Waals surface area contributed by atoms with Gasteiger partial charge in [0.2, 0.25) is 0 Å². The fraction of sp³-hybridized carbons (Fsp3) is 0.500. The predicted molar refractivity (Wildman–Crippen MR) is 83.0 cm³/mol. The highest BCUT2D eigenvalue weighted by Crippen LogP contribution is 2.24. The minimum Gasteiger partial charge on any atom is -0.496 e. The third-order valence-electron chi connectivity index (χ3n) is 2.98. The van der Waals surface area contributed by atoms with Crippen molar-refractivity contribution in [3.8, 4) is 11.8 Å². The van der Waals surface area contributed by atoms with Crippen molar-refractivity contribution in [3.05, 3.63) is 29.3 Å². The quantitative estimate of drug-likeness (QED) is 0.904. The molecule has 1 unspecified atom stereocenters. The van der Waals surface area contributed by atoms with E-state index in [9.17, 15) is 0 Å². The number of benzene rings is 1. The lowest BCUT2D eigenvalue weighted by Gasteiger charge is -2.21. The zero-order valence-corrected chi connectivity index (χ0v) is 12.6. The summed E-state index contributed by atoms with van der Waals surface area (Å²) < 4.78 is 5.33. The summed E-state index contributed by atoms with van der Waals surface area (Å²) in [5.41, 5.74) is 1.73. The van der Waals surface area contributed by atoms with Crippen LogP contribution in [-0.4, -0.2) is 36.2 Å². The van der Waals surface area contributed by atoms with E-state index >= 15 is 0 Å². The first-order valence-corrected chi connectivity index (χ1v) is 8.51. The summed E-state index contributed by atoms with van der Waals surface area (Å²) in [6.07, 6.45) is 0. The lowest BCUT2D eigenvalue weighted by molar-refractivity contribution is 0.407. The second-order valence-electron chi connectivity index (χ2n) is 4.34. The molecule has 1 atom stereocenters. The van der Waals surface area contributed by atoms with Crippen LogP contribution in [0.5, 0.6) is 5.75 Å². The molecule has 0 radical (unpaired) electrons. The number of hydrogen-bond donors (Lipinski definition) is 1. The second-order valence-corrected chi connectivity index (χ2v) is 6.90. The van der Waals surface area contributed by atoms with Gasteiger partial charge in [0, 0.05) is 41.2 Å². The maximum absolute atomic E-state index is 8.94. The molecule has 1 fully saturated rings. The number of hydrogen-bond acceptors (Lipinski definition) is 5. The molecule has 1 aliphatic rings. The fourth-order valence-corrected chi connectivity index (χ4v) is 4.65. The molecule has 1 aromatic carbocycles. The van der Waals surface area contributed by atoms with Crippen molar-refractivity contribution >= 4 is 23.5 Å². The van der Waals surface area contributed by atoms with Gasteiger partial charge in [-0.25, -0.2) is 0 Å². The lowest BCUT2D eigenvalue weighted by Crippen LogP contribution is -2.28. The summed E-state index contributed by atoms with van der Waals surface area (Å²) in [6, 6.07) is 7.71. The Bertz CT molecular complexity index is 453. The molecule has 0 amide bonds. The molecule has 0 saturated carbocycles. The maximum Gasteiger partial charge on any atom is 0.123 e. The van der Waals surface area contributed by atoms with E-state index < -0.39 is 0 Å². The molecular weight excluding hydrogens is 276 g/mol.